The van der Waals surface area contributed by atoms with Crippen LogP contribution < -0.4 is 26.4 Å². The van der Waals surface area contributed by atoms with Gasteiger partial charge in [0, 0.05) is 61.7 Å². The highest BCUT2D eigenvalue weighted by Gasteiger charge is 2.41. The standard InChI is InChI=1S/C26H24F7N5O2/c1-36-14-16(12-34)4-3-9-37-15-17(13-35)21-10-18(25(28,29)30)11-22(26(31,32)33)23(21)40-24(39)38(2)20-7-5-19(27)6-8-20/h5-8,10-11,13-15,36H,9,12,34-35H2,1-2H3/b16-14-,17-13+,37-15?. The van der Waals surface area contributed by atoms with Gasteiger partial charge in [-0.05, 0) is 36.4 Å². The number of alkyl halides is 6. The summed E-state index contributed by atoms with van der Waals surface area (Å²) >= 11 is 0. The molecule has 0 fully saturated rings. The van der Waals surface area contributed by atoms with Gasteiger partial charge in [-0.1, -0.05) is 11.8 Å². The lowest BCUT2D eigenvalue weighted by molar-refractivity contribution is -0.143. The molecule has 0 aliphatic heterocycles. The molecule has 7 nitrogen and oxygen atoms in total. The predicted octanol–water partition coefficient (Wildman–Crippen LogP) is 4.93. The number of allylic oxidation sites excluding steroid dienone is 1. The fourth-order valence-electron chi connectivity index (χ4n) is 3.12. The van der Waals surface area contributed by atoms with Crippen LogP contribution in [0.5, 0.6) is 5.75 Å². The first-order valence-corrected chi connectivity index (χ1v) is 11.2. The van der Waals surface area contributed by atoms with Crippen LogP contribution >= 0.6 is 0 Å². The maximum absolute atomic E-state index is 14.0. The molecule has 1 amide bonds. The first kappa shape index (κ1) is 31.7. The quantitative estimate of drug-likeness (QED) is 0.248. The van der Waals surface area contributed by atoms with Gasteiger partial charge in [0.15, 0.2) is 5.75 Å². The lowest BCUT2D eigenvalue weighted by Crippen LogP contribution is -2.30. The third-order valence-electron chi connectivity index (χ3n) is 5.08. The number of benzene rings is 2. The number of carbonyl (C=O) groups excluding carboxylic acids is 1. The van der Waals surface area contributed by atoms with Gasteiger partial charge in [-0.3, -0.25) is 9.89 Å². The maximum atomic E-state index is 14.0. The van der Waals surface area contributed by atoms with E-state index in [0.29, 0.717) is 17.8 Å². The van der Waals surface area contributed by atoms with Crippen molar-refractivity contribution in [1.29, 1.82) is 0 Å². The molecule has 0 heterocycles. The Morgan fingerprint density at radius 2 is 1.77 bits per heavy atom. The summed E-state index contributed by atoms with van der Waals surface area (Å²) in [6, 6.07) is 4.45. The second-order valence-electron chi connectivity index (χ2n) is 7.86. The fourth-order valence-corrected chi connectivity index (χ4v) is 3.12. The number of anilines is 1. The van der Waals surface area contributed by atoms with Crippen molar-refractivity contribution in [3.63, 3.8) is 0 Å². The van der Waals surface area contributed by atoms with E-state index in [1.807, 2.05) is 0 Å². The molecule has 0 aliphatic rings. The Balaban J connectivity index is 2.61. The monoisotopic (exact) mass is 571 g/mol. The summed E-state index contributed by atoms with van der Waals surface area (Å²) in [6.45, 7) is -0.108. The number of nitrogens with zero attached hydrogens (tertiary/aromatic N) is 2. The molecule has 40 heavy (non-hydrogen) atoms. The Morgan fingerprint density at radius 3 is 2.30 bits per heavy atom. The highest BCUT2D eigenvalue weighted by Crippen LogP contribution is 2.44. The first-order valence-electron chi connectivity index (χ1n) is 11.2. The zero-order valence-electron chi connectivity index (χ0n) is 21.1. The third kappa shape index (κ3) is 8.50. The Labute approximate surface area is 225 Å². The summed E-state index contributed by atoms with van der Waals surface area (Å²) in [4.78, 5) is 17.4. The summed E-state index contributed by atoms with van der Waals surface area (Å²) in [7, 11) is 2.74. The van der Waals surface area contributed by atoms with Crippen molar-refractivity contribution in [2.24, 2.45) is 16.5 Å². The lowest BCUT2D eigenvalue weighted by Gasteiger charge is -2.22. The van der Waals surface area contributed by atoms with Gasteiger partial charge >= 0.3 is 18.4 Å². The van der Waals surface area contributed by atoms with E-state index in [4.69, 9.17) is 16.2 Å². The van der Waals surface area contributed by atoms with Gasteiger partial charge in [0.1, 0.15) is 12.4 Å². The van der Waals surface area contributed by atoms with Crippen LogP contribution in [0.2, 0.25) is 0 Å². The highest BCUT2D eigenvalue weighted by molar-refractivity contribution is 6.11. The summed E-state index contributed by atoms with van der Waals surface area (Å²) in [5, 5.41) is 2.73. The van der Waals surface area contributed by atoms with Gasteiger partial charge < -0.3 is 21.5 Å². The number of hydrogen-bond donors (Lipinski definition) is 3. The van der Waals surface area contributed by atoms with Crippen molar-refractivity contribution in [1.82, 2.24) is 5.32 Å². The molecular formula is C26H24F7N5O2. The van der Waals surface area contributed by atoms with Gasteiger partial charge in [0.2, 0.25) is 0 Å². The summed E-state index contributed by atoms with van der Waals surface area (Å²) in [5.74, 6) is 3.43. The number of rotatable bonds is 7. The minimum atomic E-state index is -5.37. The number of halogens is 7. The molecule has 14 heteroatoms. The number of ether oxygens (including phenoxy) is 1. The van der Waals surface area contributed by atoms with Crippen LogP contribution in [0.3, 0.4) is 0 Å². The topological polar surface area (TPSA) is 106 Å². The second kappa shape index (κ2) is 13.5. The lowest BCUT2D eigenvalue weighted by atomic mass is 9.98. The smallest absolute Gasteiger partial charge is 0.409 e. The molecule has 0 aromatic heterocycles. The molecule has 2 aromatic rings. The van der Waals surface area contributed by atoms with Crippen LogP contribution in [-0.4, -0.2) is 39.5 Å². The molecule has 0 bridgehead atoms. The summed E-state index contributed by atoms with van der Waals surface area (Å²) in [6.07, 6.45) is -8.83. The molecule has 0 spiro atoms. The largest absolute Gasteiger partial charge is 0.420 e. The van der Waals surface area contributed by atoms with Gasteiger partial charge in [0.25, 0.3) is 0 Å². The van der Waals surface area contributed by atoms with Crippen molar-refractivity contribution in [2.75, 3.05) is 32.1 Å². The molecule has 0 radical (unpaired) electrons. The average Bonchev–Trinajstić information content (AvgIpc) is 2.89. The van der Waals surface area contributed by atoms with Gasteiger partial charge in [-0.15, -0.1) is 0 Å². The van der Waals surface area contributed by atoms with E-state index in [9.17, 15) is 35.5 Å². The van der Waals surface area contributed by atoms with Crippen LogP contribution in [0.1, 0.15) is 16.7 Å². The van der Waals surface area contributed by atoms with Crippen LogP contribution in [0, 0.1) is 17.7 Å². The minimum absolute atomic E-state index is 0.0346. The molecule has 5 N–H and O–H groups in total. The van der Waals surface area contributed by atoms with Crippen molar-refractivity contribution in [2.45, 2.75) is 12.4 Å². The fraction of sp³-hybridized carbons (Fsp3) is 0.231. The molecular weight excluding hydrogens is 547 g/mol. The minimum Gasteiger partial charge on any atom is -0.409 e. The van der Waals surface area contributed by atoms with E-state index in [-0.39, 0.29) is 24.8 Å². The van der Waals surface area contributed by atoms with E-state index in [2.05, 4.69) is 22.2 Å². The van der Waals surface area contributed by atoms with Crippen LogP contribution in [0.25, 0.3) is 5.57 Å². The molecule has 0 atom stereocenters. The van der Waals surface area contributed by atoms with E-state index < -0.39 is 52.3 Å². The second-order valence-corrected chi connectivity index (χ2v) is 7.86. The normalized spacial score (nSPS) is 12.7. The zero-order valence-corrected chi connectivity index (χ0v) is 21.1. The van der Waals surface area contributed by atoms with Crippen molar-refractivity contribution in [3.05, 3.63) is 76.9 Å². The van der Waals surface area contributed by atoms with E-state index in [1.165, 1.54) is 6.20 Å². The van der Waals surface area contributed by atoms with Crippen molar-refractivity contribution < 1.29 is 40.3 Å². The van der Waals surface area contributed by atoms with Crippen LogP contribution in [0.15, 0.2) is 59.4 Å². The van der Waals surface area contributed by atoms with Gasteiger partial charge in [-0.2, -0.15) is 26.3 Å². The molecule has 0 saturated heterocycles. The van der Waals surface area contributed by atoms with E-state index in [1.54, 1.807) is 7.05 Å². The molecule has 0 aliphatic carbocycles. The number of nitrogens with two attached hydrogens (primary N) is 2. The molecule has 0 unspecified atom stereocenters. The van der Waals surface area contributed by atoms with Crippen molar-refractivity contribution in [3.8, 4) is 17.6 Å². The summed E-state index contributed by atoms with van der Waals surface area (Å²) in [5.41, 5.74) is 6.83. The number of hydrogen-bond acceptors (Lipinski definition) is 6. The maximum Gasteiger partial charge on any atom is 0.420 e. The molecule has 214 valence electrons. The number of amides is 1. The molecule has 0 saturated carbocycles. The zero-order chi connectivity index (χ0) is 30.1. The Bertz CT molecular complexity index is 1350. The number of aliphatic imine (C=N–C) groups is 1. The third-order valence-corrected chi connectivity index (χ3v) is 5.08. The van der Waals surface area contributed by atoms with Gasteiger partial charge in [-0.25, -0.2) is 9.18 Å². The van der Waals surface area contributed by atoms with Gasteiger partial charge in [0.05, 0.1) is 11.1 Å². The SMILES string of the molecule is CN/C=C(/C#CCN=C/C(=C\N)c1cc(C(F)(F)F)cc(C(F)(F)F)c1OC(=O)N(C)c1ccc(F)cc1)CN. The number of carbonyl (C=O) groups is 1. The molecule has 2 aromatic carbocycles. The Morgan fingerprint density at radius 1 is 1.12 bits per heavy atom. The Kier molecular flexibility index (Phi) is 10.7. The Hall–Kier alpha value is -4.51. The van der Waals surface area contributed by atoms with Crippen LogP contribution in [-0.2, 0) is 12.4 Å². The first-order chi connectivity index (χ1) is 18.7. The number of nitrogens with one attached hydrogen (secondary N) is 1. The highest BCUT2D eigenvalue weighted by atomic mass is 19.4. The predicted molar refractivity (Wildman–Crippen MR) is 137 cm³/mol. The van der Waals surface area contributed by atoms with E-state index in [0.717, 1.165) is 42.4 Å². The average molecular weight is 571 g/mol. The summed E-state index contributed by atoms with van der Waals surface area (Å²) < 4.78 is 101. The van der Waals surface area contributed by atoms with Crippen molar-refractivity contribution >= 4 is 23.6 Å². The van der Waals surface area contributed by atoms with E-state index >= 15 is 0 Å². The molecule has 2 rings (SSSR count). The van der Waals surface area contributed by atoms with Crippen LogP contribution in [0.4, 0.5) is 41.2 Å².